The van der Waals surface area contributed by atoms with Gasteiger partial charge in [-0.15, -0.1) is 0 Å². The van der Waals surface area contributed by atoms with Crippen molar-refractivity contribution in [3.05, 3.63) is 65.4 Å². The second-order valence-corrected chi connectivity index (χ2v) is 6.75. The molecule has 1 aliphatic heterocycles. The van der Waals surface area contributed by atoms with Gasteiger partial charge >= 0.3 is 6.18 Å². The summed E-state index contributed by atoms with van der Waals surface area (Å²) in [5.41, 5.74) is 0.215. The smallest absolute Gasteiger partial charge is 0.416 e. The van der Waals surface area contributed by atoms with Crippen molar-refractivity contribution in [3.63, 3.8) is 0 Å². The molecule has 1 aliphatic rings. The fourth-order valence-electron chi connectivity index (χ4n) is 3.05. The maximum absolute atomic E-state index is 12.9. The number of aromatic nitrogens is 1. The number of hydrogen-bond acceptors (Lipinski definition) is 5. The summed E-state index contributed by atoms with van der Waals surface area (Å²) in [5, 5.41) is 6.40. The van der Waals surface area contributed by atoms with Crippen LogP contribution in [0, 0.1) is 0 Å². The number of carbonyl (C=O) groups is 1. The third-order valence-corrected chi connectivity index (χ3v) is 4.63. The second-order valence-electron chi connectivity index (χ2n) is 6.75. The van der Waals surface area contributed by atoms with E-state index >= 15 is 0 Å². The van der Waals surface area contributed by atoms with Gasteiger partial charge in [0.25, 0.3) is 5.91 Å². The van der Waals surface area contributed by atoms with Crippen molar-refractivity contribution in [2.45, 2.75) is 19.1 Å². The number of alkyl halides is 3. The van der Waals surface area contributed by atoms with E-state index in [1.54, 1.807) is 25.1 Å². The highest BCUT2D eigenvalue weighted by atomic mass is 19.4. The van der Waals surface area contributed by atoms with Crippen LogP contribution in [-0.4, -0.2) is 24.3 Å². The highest BCUT2D eigenvalue weighted by Gasteiger charge is 2.31. The standard InChI is InChI=1S/C21H17F3N2O4/c1-12(13-3-2-4-15(9-13)21(22,23)24)25-20(27)16-11-18(30-26-16)14-5-6-17-19(10-14)29-8-7-28-17/h2-6,9-12H,7-8H2,1H3,(H,25,27)/t12-/m1/s1. The molecule has 2 aromatic carbocycles. The number of hydrogen-bond donors (Lipinski definition) is 1. The Kier molecular flexibility index (Phi) is 5.11. The third-order valence-electron chi connectivity index (χ3n) is 4.63. The minimum Gasteiger partial charge on any atom is -0.486 e. The largest absolute Gasteiger partial charge is 0.486 e. The average molecular weight is 418 g/mol. The molecule has 156 valence electrons. The van der Waals surface area contributed by atoms with Crippen LogP contribution >= 0.6 is 0 Å². The summed E-state index contributed by atoms with van der Waals surface area (Å²) in [5.74, 6) is 0.980. The summed E-state index contributed by atoms with van der Waals surface area (Å²) in [6, 6.07) is 10.8. The molecule has 1 aromatic heterocycles. The molecule has 1 atom stereocenters. The Morgan fingerprint density at radius 2 is 1.83 bits per heavy atom. The minimum atomic E-state index is -4.45. The molecule has 1 N–H and O–H groups in total. The molecular weight excluding hydrogens is 401 g/mol. The fraction of sp³-hybridized carbons (Fsp3) is 0.238. The maximum atomic E-state index is 12.9. The van der Waals surface area contributed by atoms with Crippen LogP contribution in [0.2, 0.25) is 0 Å². The maximum Gasteiger partial charge on any atom is 0.416 e. The van der Waals surface area contributed by atoms with Crippen LogP contribution in [0.5, 0.6) is 11.5 Å². The zero-order valence-electron chi connectivity index (χ0n) is 15.8. The second kappa shape index (κ2) is 7.74. The first kappa shape index (κ1) is 19.8. The Hall–Kier alpha value is -3.49. The van der Waals surface area contributed by atoms with E-state index in [0.717, 1.165) is 12.1 Å². The predicted octanol–water partition coefficient (Wildman–Crippen LogP) is 4.62. The van der Waals surface area contributed by atoms with Crippen LogP contribution < -0.4 is 14.8 Å². The number of benzene rings is 2. The quantitative estimate of drug-likeness (QED) is 0.669. The molecule has 0 aliphatic carbocycles. The number of nitrogens with one attached hydrogen (secondary N) is 1. The van der Waals surface area contributed by atoms with Gasteiger partial charge in [-0.1, -0.05) is 17.3 Å². The van der Waals surface area contributed by atoms with Crippen molar-refractivity contribution in [2.75, 3.05) is 13.2 Å². The predicted molar refractivity (Wildman–Crippen MR) is 100 cm³/mol. The van der Waals surface area contributed by atoms with Gasteiger partial charge in [-0.25, -0.2) is 0 Å². The van der Waals surface area contributed by atoms with Gasteiger partial charge < -0.3 is 19.3 Å². The first-order chi connectivity index (χ1) is 14.3. The zero-order valence-corrected chi connectivity index (χ0v) is 15.8. The molecule has 2 heterocycles. The van der Waals surface area contributed by atoms with E-state index in [1.165, 1.54) is 18.2 Å². The van der Waals surface area contributed by atoms with Gasteiger partial charge in [-0.2, -0.15) is 13.2 Å². The summed E-state index contributed by atoms with van der Waals surface area (Å²) < 4.78 is 55.0. The van der Waals surface area contributed by atoms with Gasteiger partial charge in [0.1, 0.15) is 13.2 Å². The Morgan fingerprint density at radius 1 is 1.07 bits per heavy atom. The van der Waals surface area contributed by atoms with Crippen molar-refractivity contribution < 1.29 is 32.0 Å². The van der Waals surface area contributed by atoms with Gasteiger partial charge in [-0.3, -0.25) is 4.79 Å². The fourth-order valence-corrected chi connectivity index (χ4v) is 3.05. The molecule has 0 unspecified atom stereocenters. The highest BCUT2D eigenvalue weighted by molar-refractivity contribution is 5.93. The highest BCUT2D eigenvalue weighted by Crippen LogP contribution is 2.35. The van der Waals surface area contributed by atoms with Crippen molar-refractivity contribution in [1.29, 1.82) is 0 Å². The first-order valence-electron chi connectivity index (χ1n) is 9.16. The van der Waals surface area contributed by atoms with Crippen molar-refractivity contribution in [2.24, 2.45) is 0 Å². The molecule has 30 heavy (non-hydrogen) atoms. The summed E-state index contributed by atoms with van der Waals surface area (Å²) in [4.78, 5) is 12.5. The number of nitrogens with zero attached hydrogens (tertiary/aromatic N) is 1. The van der Waals surface area contributed by atoms with E-state index in [4.69, 9.17) is 14.0 Å². The Bertz CT molecular complexity index is 1080. The molecule has 0 spiro atoms. The zero-order chi connectivity index (χ0) is 21.3. The van der Waals surface area contributed by atoms with Crippen molar-refractivity contribution in [3.8, 4) is 22.8 Å². The third kappa shape index (κ3) is 4.10. The summed E-state index contributed by atoms with van der Waals surface area (Å²) in [6.07, 6.45) is -4.45. The molecule has 0 fully saturated rings. The van der Waals surface area contributed by atoms with E-state index in [9.17, 15) is 18.0 Å². The SMILES string of the molecule is C[C@@H](NC(=O)c1cc(-c2ccc3c(c2)OCCO3)on1)c1cccc(C(F)(F)F)c1. The lowest BCUT2D eigenvalue weighted by atomic mass is 10.0. The number of carbonyl (C=O) groups excluding carboxylic acids is 1. The first-order valence-corrected chi connectivity index (χ1v) is 9.16. The molecule has 6 nitrogen and oxygen atoms in total. The number of rotatable bonds is 4. The molecule has 3 aromatic rings. The summed E-state index contributed by atoms with van der Waals surface area (Å²) in [6.45, 7) is 2.51. The Balaban J connectivity index is 1.48. The van der Waals surface area contributed by atoms with E-state index < -0.39 is 23.7 Å². The van der Waals surface area contributed by atoms with Gasteiger partial charge in [0.2, 0.25) is 0 Å². The monoisotopic (exact) mass is 418 g/mol. The summed E-state index contributed by atoms with van der Waals surface area (Å²) in [7, 11) is 0. The van der Waals surface area contributed by atoms with E-state index in [0.29, 0.717) is 41.6 Å². The van der Waals surface area contributed by atoms with Gasteiger partial charge in [-0.05, 0) is 42.8 Å². The lowest BCUT2D eigenvalue weighted by molar-refractivity contribution is -0.137. The lowest BCUT2D eigenvalue weighted by Crippen LogP contribution is -2.27. The molecule has 4 rings (SSSR count). The van der Waals surface area contributed by atoms with Gasteiger partial charge in [0.05, 0.1) is 11.6 Å². The Labute approximate surface area is 169 Å². The van der Waals surface area contributed by atoms with Crippen LogP contribution in [0.3, 0.4) is 0 Å². The van der Waals surface area contributed by atoms with Crippen LogP contribution in [0.1, 0.15) is 34.6 Å². The molecular formula is C21H17F3N2O4. The van der Waals surface area contributed by atoms with E-state index in [1.807, 2.05) is 0 Å². The van der Waals surface area contributed by atoms with Crippen LogP contribution in [0.4, 0.5) is 13.2 Å². The van der Waals surface area contributed by atoms with Gasteiger partial charge in [0, 0.05) is 11.6 Å². The van der Waals surface area contributed by atoms with E-state index in [2.05, 4.69) is 10.5 Å². The number of halogens is 3. The average Bonchev–Trinajstić information content (AvgIpc) is 3.23. The van der Waals surface area contributed by atoms with Crippen molar-refractivity contribution in [1.82, 2.24) is 10.5 Å². The molecule has 0 radical (unpaired) electrons. The van der Waals surface area contributed by atoms with Crippen LogP contribution in [-0.2, 0) is 6.18 Å². The lowest BCUT2D eigenvalue weighted by Gasteiger charge is -2.18. The normalized spacial score (nSPS) is 14.3. The van der Waals surface area contributed by atoms with E-state index in [-0.39, 0.29) is 5.69 Å². The number of fused-ring (bicyclic) bond motifs is 1. The molecule has 1 amide bonds. The molecule has 0 saturated carbocycles. The molecule has 9 heteroatoms. The number of amides is 1. The van der Waals surface area contributed by atoms with Crippen molar-refractivity contribution >= 4 is 5.91 Å². The van der Waals surface area contributed by atoms with Crippen LogP contribution in [0.25, 0.3) is 11.3 Å². The topological polar surface area (TPSA) is 73.6 Å². The van der Waals surface area contributed by atoms with Crippen LogP contribution in [0.15, 0.2) is 53.1 Å². The Morgan fingerprint density at radius 3 is 2.60 bits per heavy atom. The number of ether oxygens (including phenoxy) is 2. The molecule has 0 bridgehead atoms. The van der Waals surface area contributed by atoms with Gasteiger partial charge in [0.15, 0.2) is 23.0 Å². The minimum absolute atomic E-state index is 0.0127. The summed E-state index contributed by atoms with van der Waals surface area (Å²) >= 11 is 0. The molecule has 0 saturated heterocycles.